The van der Waals surface area contributed by atoms with Crippen LogP contribution in [0.1, 0.15) is 41.0 Å². The van der Waals surface area contributed by atoms with Gasteiger partial charge in [0.05, 0.1) is 5.92 Å². The van der Waals surface area contributed by atoms with Gasteiger partial charge in [0.1, 0.15) is 0 Å². The quantitative estimate of drug-likeness (QED) is 0.735. The van der Waals surface area contributed by atoms with Gasteiger partial charge in [-0.25, -0.2) is 4.79 Å². The summed E-state index contributed by atoms with van der Waals surface area (Å²) in [6, 6.07) is -0.0437. The zero-order chi connectivity index (χ0) is 14.3. The molecule has 0 heterocycles. The molecule has 0 fully saturated rings. The van der Waals surface area contributed by atoms with E-state index in [1.54, 1.807) is 11.8 Å². The van der Waals surface area contributed by atoms with Crippen LogP contribution in [0.15, 0.2) is 0 Å². The van der Waals surface area contributed by atoms with Crippen molar-refractivity contribution in [2.45, 2.75) is 47.1 Å². The fourth-order valence-corrected chi connectivity index (χ4v) is 1.75. The van der Waals surface area contributed by atoms with E-state index in [1.807, 2.05) is 13.8 Å². The maximum Gasteiger partial charge on any atom is 0.317 e. The van der Waals surface area contributed by atoms with E-state index in [0.717, 1.165) is 6.42 Å². The molecule has 0 radical (unpaired) electrons. The monoisotopic (exact) mass is 258 g/mol. The first-order valence-corrected chi connectivity index (χ1v) is 6.61. The first-order valence-electron chi connectivity index (χ1n) is 6.61. The van der Waals surface area contributed by atoms with Crippen molar-refractivity contribution < 1.29 is 14.7 Å². The highest BCUT2D eigenvalue weighted by atomic mass is 16.4. The van der Waals surface area contributed by atoms with Gasteiger partial charge in [0.25, 0.3) is 0 Å². The van der Waals surface area contributed by atoms with Gasteiger partial charge < -0.3 is 15.3 Å². The molecule has 0 rings (SSSR count). The lowest BCUT2D eigenvalue weighted by molar-refractivity contribution is -0.141. The minimum Gasteiger partial charge on any atom is -0.481 e. The molecular formula is C13H26N2O3. The van der Waals surface area contributed by atoms with Crippen molar-refractivity contribution in [2.75, 3.05) is 13.1 Å². The Kier molecular flexibility index (Phi) is 7.39. The Bertz CT molecular complexity index is 279. The largest absolute Gasteiger partial charge is 0.481 e. The number of carbonyl (C=O) groups excluding carboxylic acids is 1. The summed E-state index contributed by atoms with van der Waals surface area (Å²) in [6.07, 6.45) is 0.870. The average molecular weight is 258 g/mol. The van der Waals surface area contributed by atoms with E-state index in [1.165, 1.54) is 0 Å². The SMILES string of the molecule is CCC(NC(=O)N(CC)CC(C)C(=O)O)C(C)C. The predicted octanol–water partition coefficient (Wildman–Crippen LogP) is 2.17. The second-order valence-electron chi connectivity index (χ2n) is 4.99. The van der Waals surface area contributed by atoms with Crippen LogP contribution >= 0.6 is 0 Å². The summed E-state index contributed by atoms with van der Waals surface area (Å²) >= 11 is 0. The minimum absolute atomic E-state index is 0.131. The number of carboxylic acid groups (broad SMARTS) is 1. The highest BCUT2D eigenvalue weighted by Gasteiger charge is 2.21. The zero-order valence-corrected chi connectivity index (χ0v) is 12.1. The van der Waals surface area contributed by atoms with Crippen LogP contribution in [0.3, 0.4) is 0 Å². The van der Waals surface area contributed by atoms with Crippen molar-refractivity contribution in [1.29, 1.82) is 0 Å². The van der Waals surface area contributed by atoms with Gasteiger partial charge in [-0.15, -0.1) is 0 Å². The molecule has 0 aromatic heterocycles. The van der Waals surface area contributed by atoms with E-state index in [-0.39, 0.29) is 18.6 Å². The van der Waals surface area contributed by atoms with Crippen LogP contribution < -0.4 is 5.32 Å². The maximum atomic E-state index is 12.0. The van der Waals surface area contributed by atoms with Crippen molar-refractivity contribution >= 4 is 12.0 Å². The van der Waals surface area contributed by atoms with E-state index in [9.17, 15) is 9.59 Å². The Labute approximate surface area is 110 Å². The lowest BCUT2D eigenvalue weighted by Crippen LogP contribution is -2.48. The number of urea groups is 1. The summed E-state index contributed by atoms with van der Waals surface area (Å²) in [4.78, 5) is 24.4. The van der Waals surface area contributed by atoms with E-state index in [2.05, 4.69) is 19.2 Å². The van der Waals surface area contributed by atoms with E-state index >= 15 is 0 Å². The third kappa shape index (κ3) is 5.38. The molecule has 0 aromatic rings. The van der Waals surface area contributed by atoms with Crippen molar-refractivity contribution in [3.05, 3.63) is 0 Å². The molecule has 0 aliphatic heterocycles. The molecule has 5 nitrogen and oxygen atoms in total. The van der Waals surface area contributed by atoms with E-state index in [4.69, 9.17) is 5.11 Å². The van der Waals surface area contributed by atoms with Gasteiger partial charge in [-0.3, -0.25) is 4.79 Å². The van der Waals surface area contributed by atoms with Gasteiger partial charge in [-0.1, -0.05) is 27.7 Å². The van der Waals surface area contributed by atoms with Gasteiger partial charge in [0.2, 0.25) is 0 Å². The Hall–Kier alpha value is -1.26. The molecule has 2 amide bonds. The fraction of sp³-hybridized carbons (Fsp3) is 0.846. The van der Waals surface area contributed by atoms with Crippen LogP contribution in [-0.4, -0.2) is 41.1 Å². The lowest BCUT2D eigenvalue weighted by atomic mass is 10.0. The lowest BCUT2D eigenvalue weighted by Gasteiger charge is -2.28. The smallest absolute Gasteiger partial charge is 0.317 e. The molecule has 0 saturated carbocycles. The second-order valence-corrected chi connectivity index (χ2v) is 4.99. The van der Waals surface area contributed by atoms with Gasteiger partial charge in [-0.05, 0) is 19.3 Å². The zero-order valence-electron chi connectivity index (χ0n) is 12.1. The third-order valence-corrected chi connectivity index (χ3v) is 3.14. The molecule has 106 valence electrons. The number of carboxylic acids is 1. The molecule has 5 heteroatoms. The Morgan fingerprint density at radius 3 is 2.11 bits per heavy atom. The number of nitrogens with one attached hydrogen (secondary N) is 1. The molecule has 0 aromatic carbocycles. The van der Waals surface area contributed by atoms with Crippen molar-refractivity contribution in [1.82, 2.24) is 10.2 Å². The number of carbonyl (C=O) groups is 2. The molecule has 0 spiro atoms. The molecule has 0 aliphatic rings. The van der Waals surface area contributed by atoms with Crippen molar-refractivity contribution in [3.63, 3.8) is 0 Å². The number of amides is 2. The normalized spacial score (nSPS) is 14.1. The van der Waals surface area contributed by atoms with Gasteiger partial charge in [0, 0.05) is 19.1 Å². The van der Waals surface area contributed by atoms with Crippen LogP contribution in [0.25, 0.3) is 0 Å². The van der Waals surface area contributed by atoms with Crippen LogP contribution in [-0.2, 0) is 4.79 Å². The highest BCUT2D eigenvalue weighted by molar-refractivity contribution is 5.76. The predicted molar refractivity (Wildman–Crippen MR) is 71.5 cm³/mol. The number of aliphatic carboxylic acids is 1. The van der Waals surface area contributed by atoms with Crippen molar-refractivity contribution in [3.8, 4) is 0 Å². The summed E-state index contributed by atoms with van der Waals surface area (Å²) in [5.41, 5.74) is 0. The molecule has 2 unspecified atom stereocenters. The standard InChI is InChI=1S/C13H26N2O3/c1-6-11(9(3)4)14-13(18)15(7-2)8-10(5)12(16)17/h9-11H,6-8H2,1-5H3,(H,14,18)(H,16,17). The highest BCUT2D eigenvalue weighted by Crippen LogP contribution is 2.07. The molecule has 0 aliphatic carbocycles. The van der Waals surface area contributed by atoms with Gasteiger partial charge >= 0.3 is 12.0 Å². The van der Waals surface area contributed by atoms with E-state index < -0.39 is 11.9 Å². The number of nitrogens with zero attached hydrogens (tertiary/aromatic N) is 1. The molecule has 2 atom stereocenters. The number of hydrogen-bond acceptors (Lipinski definition) is 2. The maximum absolute atomic E-state index is 12.0. The molecule has 0 saturated heterocycles. The molecular weight excluding hydrogens is 232 g/mol. The average Bonchev–Trinajstić information content (AvgIpc) is 2.31. The van der Waals surface area contributed by atoms with Crippen LogP contribution in [0.4, 0.5) is 4.79 Å². The van der Waals surface area contributed by atoms with E-state index in [0.29, 0.717) is 12.5 Å². The fourth-order valence-electron chi connectivity index (χ4n) is 1.75. The van der Waals surface area contributed by atoms with Gasteiger partial charge in [-0.2, -0.15) is 0 Å². The third-order valence-electron chi connectivity index (χ3n) is 3.14. The van der Waals surface area contributed by atoms with Crippen LogP contribution in [0.5, 0.6) is 0 Å². The first kappa shape index (κ1) is 16.7. The first-order chi connectivity index (χ1) is 8.33. The minimum atomic E-state index is -0.878. The Morgan fingerprint density at radius 2 is 1.78 bits per heavy atom. The molecule has 2 N–H and O–H groups in total. The Morgan fingerprint density at radius 1 is 1.22 bits per heavy atom. The van der Waals surface area contributed by atoms with Crippen LogP contribution in [0, 0.1) is 11.8 Å². The molecule has 18 heavy (non-hydrogen) atoms. The summed E-state index contributed by atoms with van der Waals surface area (Å²) in [5, 5.41) is 11.8. The number of rotatable bonds is 7. The summed E-state index contributed by atoms with van der Waals surface area (Å²) in [7, 11) is 0. The Balaban J connectivity index is 4.47. The molecule has 0 bridgehead atoms. The van der Waals surface area contributed by atoms with Crippen molar-refractivity contribution in [2.24, 2.45) is 11.8 Å². The summed E-state index contributed by atoms with van der Waals surface area (Å²) in [5.74, 6) is -1.05. The summed E-state index contributed by atoms with van der Waals surface area (Å²) in [6.45, 7) is 10.4. The topological polar surface area (TPSA) is 69.6 Å². The second kappa shape index (κ2) is 7.95. The van der Waals surface area contributed by atoms with Crippen LogP contribution in [0.2, 0.25) is 0 Å². The summed E-state index contributed by atoms with van der Waals surface area (Å²) < 4.78 is 0. The number of hydrogen-bond donors (Lipinski definition) is 2. The van der Waals surface area contributed by atoms with Gasteiger partial charge in [0.15, 0.2) is 0 Å².